The Hall–Kier alpha value is -1.83. The summed E-state index contributed by atoms with van der Waals surface area (Å²) in [6, 6.07) is -0.329. The Labute approximate surface area is 130 Å². The average molecular weight is 318 g/mol. The monoisotopic (exact) mass is 318 g/mol. The Morgan fingerprint density at radius 3 is 2.14 bits per heavy atom. The van der Waals surface area contributed by atoms with Crippen LogP contribution in [0.2, 0.25) is 0 Å². The molecule has 0 bridgehead atoms. The summed E-state index contributed by atoms with van der Waals surface area (Å²) in [6.45, 7) is 7.37. The lowest BCUT2D eigenvalue weighted by Crippen LogP contribution is -2.47. The van der Waals surface area contributed by atoms with Gasteiger partial charge in [0.15, 0.2) is 0 Å². The van der Waals surface area contributed by atoms with E-state index in [1.54, 1.807) is 27.8 Å². The second kappa shape index (κ2) is 9.24. The van der Waals surface area contributed by atoms with E-state index >= 15 is 0 Å². The summed E-state index contributed by atoms with van der Waals surface area (Å²) in [5, 5.41) is 5.20. The van der Waals surface area contributed by atoms with Crippen molar-refractivity contribution in [3.63, 3.8) is 0 Å². The van der Waals surface area contributed by atoms with Crippen LogP contribution in [0.5, 0.6) is 0 Å². The van der Waals surface area contributed by atoms with E-state index in [0.29, 0.717) is 13.2 Å². The Bertz CT molecular complexity index is 391. The molecule has 1 aliphatic heterocycles. The van der Waals surface area contributed by atoms with Gasteiger partial charge in [0.1, 0.15) is 5.60 Å². The molecule has 8 heteroatoms. The van der Waals surface area contributed by atoms with Gasteiger partial charge < -0.3 is 24.8 Å². The molecule has 22 heavy (non-hydrogen) atoms. The Morgan fingerprint density at radius 1 is 1.18 bits per heavy atom. The van der Waals surface area contributed by atoms with Gasteiger partial charge in [-0.25, -0.2) is 4.79 Å². The summed E-state index contributed by atoms with van der Waals surface area (Å²) in [5.41, 5.74) is -0.550. The summed E-state index contributed by atoms with van der Waals surface area (Å²) in [7, 11) is 2.91. The number of methoxy groups -OCH3 is 1. The number of esters is 1. The predicted octanol–water partition coefficient (Wildman–Crippen LogP) is 0.451. The fourth-order valence-corrected chi connectivity index (χ4v) is 1.60. The third-order valence-electron chi connectivity index (χ3n) is 2.65. The van der Waals surface area contributed by atoms with Crippen molar-refractivity contribution in [3.8, 4) is 0 Å². The normalized spacial score (nSPS) is 20.3. The molecule has 0 aliphatic carbocycles. The molecule has 128 valence electrons. The number of hydrogen-bond acceptors (Lipinski definition) is 6. The zero-order valence-corrected chi connectivity index (χ0v) is 14.0. The Balaban J connectivity index is 0.000000763. The Morgan fingerprint density at radius 2 is 1.73 bits per heavy atom. The van der Waals surface area contributed by atoms with Gasteiger partial charge in [-0.05, 0) is 20.8 Å². The molecular formula is C14H26N2O6. The molecule has 0 spiro atoms. The number of alkyl carbamates (subject to hydrolysis) is 1. The molecule has 1 unspecified atom stereocenters. The van der Waals surface area contributed by atoms with E-state index in [0.717, 1.165) is 0 Å². The van der Waals surface area contributed by atoms with E-state index in [9.17, 15) is 14.4 Å². The smallest absolute Gasteiger partial charge is 0.407 e. The Kier molecular flexibility index (Phi) is 8.47. The third-order valence-corrected chi connectivity index (χ3v) is 2.65. The number of hydrogen-bond donors (Lipinski definition) is 2. The number of amides is 2. The molecule has 2 N–H and O–H groups in total. The highest BCUT2D eigenvalue weighted by atomic mass is 16.6. The first-order chi connectivity index (χ1) is 10.1. The first-order valence-corrected chi connectivity index (χ1v) is 6.94. The van der Waals surface area contributed by atoms with Gasteiger partial charge in [0, 0.05) is 14.0 Å². The second-order valence-electron chi connectivity index (χ2n) is 5.71. The standard InChI is InChI=1S/C11H20N2O4.C3H6O2/c1-11(2,3)17-10(15)13-8-6-16-5-7(8)9(14)12-4;1-3(4)5-2/h7-8H,5-6H2,1-4H3,(H,12,14)(H,13,15);1-2H3/t7-,8?;/m1./s1. The lowest BCUT2D eigenvalue weighted by molar-refractivity contribution is -0.138. The highest BCUT2D eigenvalue weighted by Crippen LogP contribution is 2.15. The molecule has 0 saturated carbocycles. The quantitative estimate of drug-likeness (QED) is 0.717. The van der Waals surface area contributed by atoms with Crippen LogP contribution in [0.1, 0.15) is 27.7 Å². The number of ether oxygens (including phenoxy) is 3. The van der Waals surface area contributed by atoms with E-state index in [4.69, 9.17) is 9.47 Å². The van der Waals surface area contributed by atoms with Crippen LogP contribution < -0.4 is 10.6 Å². The van der Waals surface area contributed by atoms with Crippen molar-refractivity contribution >= 4 is 18.0 Å². The molecule has 1 heterocycles. The van der Waals surface area contributed by atoms with Crippen molar-refractivity contribution in [3.05, 3.63) is 0 Å². The molecule has 2 amide bonds. The van der Waals surface area contributed by atoms with E-state index in [-0.39, 0.29) is 23.8 Å². The fourth-order valence-electron chi connectivity index (χ4n) is 1.60. The van der Waals surface area contributed by atoms with E-state index < -0.39 is 11.7 Å². The molecule has 8 nitrogen and oxygen atoms in total. The maximum atomic E-state index is 11.6. The van der Waals surface area contributed by atoms with Crippen LogP contribution in [0.4, 0.5) is 4.79 Å². The van der Waals surface area contributed by atoms with E-state index in [1.165, 1.54) is 14.0 Å². The van der Waals surface area contributed by atoms with Gasteiger partial charge in [0.25, 0.3) is 0 Å². The van der Waals surface area contributed by atoms with Gasteiger partial charge in [0.2, 0.25) is 5.91 Å². The molecule has 0 aromatic rings. The predicted molar refractivity (Wildman–Crippen MR) is 79.2 cm³/mol. The number of carbonyl (C=O) groups is 3. The van der Waals surface area contributed by atoms with Gasteiger partial charge in [-0.3, -0.25) is 9.59 Å². The maximum absolute atomic E-state index is 11.6. The van der Waals surface area contributed by atoms with Crippen molar-refractivity contribution in [1.82, 2.24) is 10.6 Å². The molecule has 1 rings (SSSR count). The molecule has 0 radical (unpaired) electrons. The summed E-state index contributed by atoms with van der Waals surface area (Å²) in [6.07, 6.45) is -0.526. The zero-order valence-electron chi connectivity index (χ0n) is 14.0. The van der Waals surface area contributed by atoms with Crippen molar-refractivity contribution < 1.29 is 28.6 Å². The first kappa shape index (κ1) is 20.2. The van der Waals surface area contributed by atoms with Crippen LogP contribution in [-0.4, -0.2) is 57.0 Å². The van der Waals surface area contributed by atoms with Crippen LogP contribution in [-0.2, 0) is 23.8 Å². The van der Waals surface area contributed by atoms with Gasteiger partial charge in [-0.1, -0.05) is 0 Å². The topological polar surface area (TPSA) is 103 Å². The van der Waals surface area contributed by atoms with Gasteiger partial charge in [-0.2, -0.15) is 0 Å². The lowest BCUT2D eigenvalue weighted by atomic mass is 10.0. The molecule has 1 fully saturated rings. The molecular weight excluding hydrogens is 292 g/mol. The van der Waals surface area contributed by atoms with Crippen molar-refractivity contribution in [1.29, 1.82) is 0 Å². The summed E-state index contributed by atoms with van der Waals surface area (Å²) >= 11 is 0. The van der Waals surface area contributed by atoms with Crippen LogP contribution in [0.3, 0.4) is 0 Å². The minimum absolute atomic E-state index is 0.136. The minimum Gasteiger partial charge on any atom is -0.469 e. The average Bonchev–Trinajstić information content (AvgIpc) is 2.84. The van der Waals surface area contributed by atoms with E-state index in [1.807, 2.05) is 0 Å². The van der Waals surface area contributed by atoms with E-state index in [2.05, 4.69) is 15.4 Å². The van der Waals surface area contributed by atoms with Gasteiger partial charge in [-0.15, -0.1) is 0 Å². The minimum atomic E-state index is -0.550. The summed E-state index contributed by atoms with van der Waals surface area (Å²) < 4.78 is 14.4. The number of carbonyl (C=O) groups excluding carboxylic acids is 3. The van der Waals surface area contributed by atoms with Crippen LogP contribution in [0.15, 0.2) is 0 Å². The molecule has 1 saturated heterocycles. The van der Waals surface area contributed by atoms with Crippen molar-refractivity contribution in [2.24, 2.45) is 5.92 Å². The van der Waals surface area contributed by atoms with Crippen LogP contribution in [0, 0.1) is 5.92 Å². The summed E-state index contributed by atoms with van der Waals surface area (Å²) in [5.74, 6) is -0.735. The zero-order chi connectivity index (χ0) is 17.3. The SMILES string of the molecule is CNC(=O)[C@@H]1COCC1NC(=O)OC(C)(C)C.COC(C)=O. The highest BCUT2D eigenvalue weighted by molar-refractivity contribution is 5.80. The fraction of sp³-hybridized carbons (Fsp3) is 0.786. The molecule has 0 aromatic carbocycles. The summed E-state index contributed by atoms with van der Waals surface area (Å²) in [4.78, 5) is 32.6. The van der Waals surface area contributed by atoms with Crippen LogP contribution in [0.25, 0.3) is 0 Å². The number of rotatable bonds is 2. The third kappa shape index (κ3) is 8.46. The molecule has 0 aromatic heterocycles. The lowest BCUT2D eigenvalue weighted by Gasteiger charge is -2.23. The highest BCUT2D eigenvalue weighted by Gasteiger charge is 2.35. The second-order valence-corrected chi connectivity index (χ2v) is 5.71. The van der Waals surface area contributed by atoms with Gasteiger partial charge >= 0.3 is 12.1 Å². The van der Waals surface area contributed by atoms with Crippen molar-refractivity contribution in [2.75, 3.05) is 27.4 Å². The van der Waals surface area contributed by atoms with Crippen molar-refractivity contribution in [2.45, 2.75) is 39.3 Å². The first-order valence-electron chi connectivity index (χ1n) is 6.94. The van der Waals surface area contributed by atoms with Crippen LogP contribution >= 0.6 is 0 Å². The molecule has 2 atom stereocenters. The molecule has 1 aliphatic rings. The van der Waals surface area contributed by atoms with Gasteiger partial charge in [0.05, 0.1) is 32.3 Å². The number of nitrogens with one attached hydrogen (secondary N) is 2. The maximum Gasteiger partial charge on any atom is 0.407 e. The largest absolute Gasteiger partial charge is 0.469 e.